The Labute approximate surface area is 155 Å². The molecular formula is C17H16FN5O3S. The van der Waals surface area contributed by atoms with Gasteiger partial charge in [0.25, 0.3) is 5.91 Å². The number of rotatable bonds is 6. The van der Waals surface area contributed by atoms with Crippen LogP contribution >= 0.6 is 0 Å². The number of hydrogen-bond acceptors (Lipinski definition) is 6. The number of methoxy groups -OCH3 is 1. The molecule has 27 heavy (non-hydrogen) atoms. The summed E-state index contributed by atoms with van der Waals surface area (Å²) in [5.41, 5.74) is 0.575. The molecule has 3 rings (SSSR count). The van der Waals surface area contributed by atoms with Crippen LogP contribution in [0, 0.1) is 10.6 Å². The lowest BCUT2D eigenvalue weighted by Gasteiger charge is -2.12. The summed E-state index contributed by atoms with van der Waals surface area (Å²) in [4.78, 5) is 16.1. The van der Waals surface area contributed by atoms with E-state index in [4.69, 9.17) is 9.52 Å². The zero-order chi connectivity index (χ0) is 19.4. The Morgan fingerprint density at radius 3 is 2.74 bits per heavy atom. The molecule has 0 radical (unpaired) electrons. The van der Waals surface area contributed by atoms with Crippen molar-refractivity contribution < 1.29 is 18.1 Å². The lowest BCUT2D eigenvalue weighted by molar-refractivity contribution is 0.0976. The second kappa shape index (κ2) is 7.54. The van der Waals surface area contributed by atoms with Crippen molar-refractivity contribution in [1.29, 1.82) is 4.78 Å². The van der Waals surface area contributed by atoms with Crippen molar-refractivity contribution in [3.8, 4) is 5.88 Å². The number of nitrogens with zero attached hydrogens (tertiary/aromatic N) is 3. The van der Waals surface area contributed by atoms with Gasteiger partial charge in [0, 0.05) is 18.0 Å². The highest BCUT2D eigenvalue weighted by Gasteiger charge is 2.20. The molecule has 0 saturated heterocycles. The Morgan fingerprint density at radius 1 is 1.30 bits per heavy atom. The Hall–Kier alpha value is -3.27. The number of nitrogens with one attached hydrogen (secondary N) is 2. The SMILES string of the molecule is COc1nc(C(=O)N[S@@](=N)(=O)c2ccccc2F)ccc1Cn1cccn1. The first-order valence-corrected chi connectivity index (χ1v) is 9.33. The van der Waals surface area contributed by atoms with Gasteiger partial charge in [-0.05, 0) is 30.3 Å². The minimum absolute atomic E-state index is 0.104. The van der Waals surface area contributed by atoms with Gasteiger partial charge < -0.3 is 4.74 Å². The molecule has 2 heterocycles. The smallest absolute Gasteiger partial charge is 0.282 e. The van der Waals surface area contributed by atoms with Gasteiger partial charge in [0.15, 0.2) is 9.92 Å². The largest absolute Gasteiger partial charge is 0.481 e. The molecule has 1 atom stereocenters. The molecule has 0 aliphatic carbocycles. The van der Waals surface area contributed by atoms with Gasteiger partial charge in [-0.15, -0.1) is 0 Å². The van der Waals surface area contributed by atoms with Crippen LogP contribution in [-0.4, -0.2) is 32.0 Å². The van der Waals surface area contributed by atoms with Crippen LogP contribution in [0.4, 0.5) is 4.39 Å². The fourth-order valence-corrected chi connectivity index (χ4v) is 3.47. The van der Waals surface area contributed by atoms with Crippen LogP contribution in [0.15, 0.2) is 59.8 Å². The number of pyridine rings is 1. The van der Waals surface area contributed by atoms with E-state index < -0.39 is 26.5 Å². The van der Waals surface area contributed by atoms with Crippen molar-refractivity contribution in [2.45, 2.75) is 11.4 Å². The summed E-state index contributed by atoms with van der Waals surface area (Å²) in [7, 11) is -2.47. The number of halogens is 1. The highest BCUT2D eigenvalue weighted by Crippen LogP contribution is 2.18. The molecule has 2 aromatic heterocycles. The van der Waals surface area contributed by atoms with Gasteiger partial charge in [0.2, 0.25) is 5.88 Å². The molecule has 0 bridgehead atoms. The molecule has 10 heteroatoms. The van der Waals surface area contributed by atoms with Gasteiger partial charge in [-0.25, -0.2) is 18.4 Å². The van der Waals surface area contributed by atoms with Crippen molar-refractivity contribution in [3.63, 3.8) is 0 Å². The molecule has 0 fully saturated rings. The van der Waals surface area contributed by atoms with Gasteiger partial charge >= 0.3 is 0 Å². The lowest BCUT2D eigenvalue weighted by Crippen LogP contribution is -2.31. The van der Waals surface area contributed by atoms with E-state index in [1.807, 2.05) is 4.72 Å². The molecule has 8 nitrogen and oxygen atoms in total. The summed E-state index contributed by atoms with van der Waals surface area (Å²) in [6, 6.07) is 9.90. The predicted molar refractivity (Wildman–Crippen MR) is 95.1 cm³/mol. The molecule has 0 aliphatic heterocycles. The average Bonchev–Trinajstić information content (AvgIpc) is 3.15. The quantitative estimate of drug-likeness (QED) is 0.672. The van der Waals surface area contributed by atoms with Crippen molar-refractivity contribution in [2.24, 2.45) is 0 Å². The second-order valence-electron chi connectivity index (χ2n) is 5.49. The zero-order valence-electron chi connectivity index (χ0n) is 14.3. The van der Waals surface area contributed by atoms with Crippen LogP contribution in [0.1, 0.15) is 16.1 Å². The standard InChI is InChI=1S/C17H16FN5O3S/c1-26-17-12(11-23-10-4-9-20-23)7-8-14(21-17)16(24)22-27(19,25)15-6-3-2-5-13(15)18/h2-10H,11H2,1H3,(H2,19,22,24,25)/t27-/m1/s1. The molecule has 1 aromatic carbocycles. The summed E-state index contributed by atoms with van der Waals surface area (Å²) in [5.74, 6) is -1.51. The molecule has 2 N–H and O–H groups in total. The molecule has 1 amide bonds. The van der Waals surface area contributed by atoms with E-state index in [1.165, 1.54) is 31.4 Å². The summed E-state index contributed by atoms with van der Waals surface area (Å²) in [6.45, 7) is 0.384. The Kier molecular flexibility index (Phi) is 5.17. The maximum Gasteiger partial charge on any atom is 0.282 e. The Balaban J connectivity index is 1.83. The maximum absolute atomic E-state index is 13.8. The van der Waals surface area contributed by atoms with Crippen LogP contribution in [0.2, 0.25) is 0 Å². The highest BCUT2D eigenvalue weighted by molar-refractivity contribution is 7.91. The molecule has 3 aromatic rings. The monoisotopic (exact) mass is 389 g/mol. The predicted octanol–water partition coefficient (Wildman–Crippen LogP) is 2.22. The van der Waals surface area contributed by atoms with Gasteiger partial charge in [0.1, 0.15) is 16.4 Å². The first-order chi connectivity index (χ1) is 12.9. The second-order valence-corrected chi connectivity index (χ2v) is 7.24. The average molecular weight is 389 g/mol. The van der Waals surface area contributed by atoms with Crippen molar-refractivity contribution in [2.75, 3.05) is 7.11 Å². The fourth-order valence-electron chi connectivity index (χ4n) is 2.38. The third-order valence-corrected chi connectivity index (χ3v) is 5.06. The first-order valence-electron chi connectivity index (χ1n) is 7.77. The van der Waals surface area contributed by atoms with Gasteiger partial charge in [-0.2, -0.15) is 5.10 Å². The van der Waals surface area contributed by atoms with E-state index in [2.05, 4.69) is 10.1 Å². The van der Waals surface area contributed by atoms with E-state index in [0.29, 0.717) is 12.1 Å². The van der Waals surface area contributed by atoms with Crippen LogP contribution in [0.25, 0.3) is 0 Å². The summed E-state index contributed by atoms with van der Waals surface area (Å²) in [6.07, 6.45) is 3.40. The minimum Gasteiger partial charge on any atom is -0.481 e. The summed E-state index contributed by atoms with van der Waals surface area (Å²) >= 11 is 0. The van der Waals surface area contributed by atoms with E-state index in [9.17, 15) is 13.4 Å². The minimum atomic E-state index is -3.88. The van der Waals surface area contributed by atoms with E-state index in [0.717, 1.165) is 6.07 Å². The Bertz CT molecular complexity index is 1070. The number of carbonyl (C=O) groups is 1. The van der Waals surface area contributed by atoms with Crippen LogP contribution in [0.5, 0.6) is 5.88 Å². The number of benzene rings is 1. The third-order valence-electron chi connectivity index (χ3n) is 3.64. The van der Waals surface area contributed by atoms with E-state index in [1.54, 1.807) is 29.2 Å². The normalized spacial score (nSPS) is 13.0. The summed E-state index contributed by atoms with van der Waals surface area (Å²) in [5, 5.41) is 4.09. The van der Waals surface area contributed by atoms with E-state index in [-0.39, 0.29) is 11.6 Å². The van der Waals surface area contributed by atoms with Gasteiger partial charge in [-0.3, -0.25) is 14.2 Å². The molecule has 0 unspecified atom stereocenters. The third kappa shape index (κ3) is 4.11. The summed E-state index contributed by atoms with van der Waals surface area (Å²) < 4.78 is 43.0. The molecular weight excluding hydrogens is 373 g/mol. The fraction of sp³-hybridized carbons (Fsp3) is 0.118. The van der Waals surface area contributed by atoms with Crippen molar-refractivity contribution >= 4 is 15.8 Å². The van der Waals surface area contributed by atoms with Crippen LogP contribution < -0.4 is 9.46 Å². The highest BCUT2D eigenvalue weighted by atomic mass is 32.2. The van der Waals surface area contributed by atoms with Crippen molar-refractivity contribution in [1.82, 2.24) is 19.5 Å². The van der Waals surface area contributed by atoms with Crippen LogP contribution in [0.3, 0.4) is 0 Å². The Morgan fingerprint density at radius 2 is 2.07 bits per heavy atom. The number of amides is 1. The zero-order valence-corrected chi connectivity index (χ0v) is 15.1. The molecule has 0 spiro atoms. The molecule has 0 saturated carbocycles. The van der Waals surface area contributed by atoms with Gasteiger partial charge in [-0.1, -0.05) is 12.1 Å². The molecule has 140 valence electrons. The topological polar surface area (TPSA) is 110 Å². The number of hydrogen-bond donors (Lipinski definition) is 2. The van der Waals surface area contributed by atoms with Crippen molar-refractivity contribution in [3.05, 3.63) is 71.9 Å². The lowest BCUT2D eigenvalue weighted by atomic mass is 10.2. The first kappa shape index (κ1) is 18.5. The van der Waals surface area contributed by atoms with Crippen LogP contribution in [-0.2, 0) is 16.5 Å². The van der Waals surface area contributed by atoms with Gasteiger partial charge in [0.05, 0.1) is 13.7 Å². The number of carbonyl (C=O) groups excluding carboxylic acids is 1. The van der Waals surface area contributed by atoms with E-state index >= 15 is 0 Å². The maximum atomic E-state index is 13.8. The molecule has 0 aliphatic rings. The number of aromatic nitrogens is 3. The number of ether oxygens (including phenoxy) is 1.